The Bertz CT molecular complexity index is 553. The lowest BCUT2D eigenvalue weighted by Gasteiger charge is -2.26. The summed E-state index contributed by atoms with van der Waals surface area (Å²) in [5, 5.41) is 0.108. The molecule has 7 heteroatoms. The van der Waals surface area contributed by atoms with E-state index in [0.717, 1.165) is 25.7 Å². The first-order chi connectivity index (χ1) is 9.42. The van der Waals surface area contributed by atoms with Crippen molar-refractivity contribution >= 4 is 10.0 Å². The van der Waals surface area contributed by atoms with E-state index in [0.29, 0.717) is 24.8 Å². The SMILES string of the molecule is CCn1cc(S(=O)(=O)NCC2CCCC(N)C2)nc1C. The first-order valence-electron chi connectivity index (χ1n) is 7.21. The molecule has 0 radical (unpaired) electrons. The Morgan fingerprint density at radius 3 is 2.85 bits per heavy atom. The van der Waals surface area contributed by atoms with E-state index in [4.69, 9.17) is 5.73 Å². The lowest BCUT2D eigenvalue weighted by atomic mass is 9.86. The molecule has 20 heavy (non-hydrogen) atoms. The summed E-state index contributed by atoms with van der Waals surface area (Å²) < 4.78 is 28.9. The fourth-order valence-electron chi connectivity index (χ4n) is 2.75. The van der Waals surface area contributed by atoms with E-state index < -0.39 is 10.0 Å². The van der Waals surface area contributed by atoms with Crippen LogP contribution in [-0.2, 0) is 16.6 Å². The number of aryl methyl sites for hydroxylation is 2. The van der Waals surface area contributed by atoms with Gasteiger partial charge < -0.3 is 10.3 Å². The van der Waals surface area contributed by atoms with Gasteiger partial charge in [0, 0.05) is 25.3 Å². The predicted molar refractivity (Wildman–Crippen MR) is 77.8 cm³/mol. The van der Waals surface area contributed by atoms with Gasteiger partial charge in [-0.25, -0.2) is 18.1 Å². The van der Waals surface area contributed by atoms with Crippen molar-refractivity contribution in [1.29, 1.82) is 0 Å². The van der Waals surface area contributed by atoms with Gasteiger partial charge in [0.1, 0.15) is 5.82 Å². The quantitative estimate of drug-likeness (QED) is 0.849. The third-order valence-electron chi connectivity index (χ3n) is 3.96. The number of imidazole rings is 1. The van der Waals surface area contributed by atoms with E-state index in [1.807, 2.05) is 18.4 Å². The summed E-state index contributed by atoms with van der Waals surface area (Å²) in [6, 6.07) is 0.208. The smallest absolute Gasteiger partial charge is 0.259 e. The maximum absolute atomic E-state index is 12.2. The highest BCUT2D eigenvalue weighted by Gasteiger charge is 2.23. The second kappa shape index (κ2) is 6.24. The lowest BCUT2D eigenvalue weighted by molar-refractivity contribution is 0.322. The minimum Gasteiger partial charge on any atom is -0.334 e. The van der Waals surface area contributed by atoms with Crippen LogP contribution in [-0.4, -0.2) is 30.6 Å². The summed E-state index contributed by atoms with van der Waals surface area (Å²) >= 11 is 0. The van der Waals surface area contributed by atoms with Crippen LogP contribution in [0.2, 0.25) is 0 Å². The lowest BCUT2D eigenvalue weighted by Crippen LogP contribution is -2.35. The van der Waals surface area contributed by atoms with Gasteiger partial charge in [0.2, 0.25) is 0 Å². The Morgan fingerprint density at radius 2 is 2.25 bits per heavy atom. The van der Waals surface area contributed by atoms with Crippen molar-refractivity contribution in [3.05, 3.63) is 12.0 Å². The predicted octanol–water partition coefficient (Wildman–Crippen LogP) is 1.01. The molecule has 0 amide bonds. The Balaban J connectivity index is 1.99. The molecule has 0 spiro atoms. The highest BCUT2D eigenvalue weighted by Crippen LogP contribution is 2.22. The summed E-state index contributed by atoms with van der Waals surface area (Å²) in [5.74, 6) is 1.05. The van der Waals surface area contributed by atoms with Gasteiger partial charge in [-0.1, -0.05) is 6.42 Å². The maximum Gasteiger partial charge on any atom is 0.259 e. The number of aromatic nitrogens is 2. The summed E-state index contributed by atoms with van der Waals surface area (Å²) in [6.45, 7) is 4.94. The standard InChI is InChI=1S/C13H24N4O2S/c1-3-17-9-13(16-10(17)2)20(18,19)15-8-11-5-4-6-12(14)7-11/h9,11-12,15H,3-8,14H2,1-2H3. The minimum atomic E-state index is -3.51. The number of hydrogen-bond acceptors (Lipinski definition) is 4. The number of nitrogens with one attached hydrogen (secondary N) is 1. The van der Waals surface area contributed by atoms with Crippen molar-refractivity contribution in [3.8, 4) is 0 Å². The molecule has 1 heterocycles. The first-order valence-corrected chi connectivity index (χ1v) is 8.69. The Morgan fingerprint density at radius 1 is 1.50 bits per heavy atom. The first kappa shape index (κ1) is 15.5. The molecule has 0 saturated heterocycles. The molecule has 1 fully saturated rings. The number of hydrogen-bond donors (Lipinski definition) is 2. The van der Waals surface area contributed by atoms with Crippen molar-refractivity contribution in [2.75, 3.05) is 6.54 Å². The Kier molecular flexibility index (Phi) is 4.82. The number of sulfonamides is 1. The van der Waals surface area contributed by atoms with E-state index in [1.165, 1.54) is 0 Å². The average Bonchev–Trinajstić information content (AvgIpc) is 2.79. The molecular formula is C13H24N4O2S. The van der Waals surface area contributed by atoms with E-state index in [9.17, 15) is 8.42 Å². The van der Waals surface area contributed by atoms with Crippen molar-refractivity contribution < 1.29 is 8.42 Å². The van der Waals surface area contributed by atoms with E-state index in [2.05, 4.69) is 9.71 Å². The van der Waals surface area contributed by atoms with Gasteiger partial charge in [-0.3, -0.25) is 0 Å². The molecule has 0 aliphatic heterocycles. The number of rotatable bonds is 5. The van der Waals surface area contributed by atoms with Gasteiger partial charge in [-0.2, -0.15) is 0 Å². The highest BCUT2D eigenvalue weighted by molar-refractivity contribution is 7.89. The van der Waals surface area contributed by atoms with Crippen LogP contribution in [0.1, 0.15) is 38.4 Å². The van der Waals surface area contributed by atoms with Gasteiger partial charge in [-0.15, -0.1) is 0 Å². The largest absolute Gasteiger partial charge is 0.334 e. The molecule has 1 aliphatic carbocycles. The van der Waals surface area contributed by atoms with Crippen LogP contribution in [0.5, 0.6) is 0 Å². The molecule has 3 N–H and O–H groups in total. The second-order valence-corrected chi connectivity index (χ2v) is 7.27. The van der Waals surface area contributed by atoms with Crippen LogP contribution in [0.15, 0.2) is 11.2 Å². The second-order valence-electron chi connectivity index (χ2n) is 5.56. The highest BCUT2D eigenvalue weighted by atomic mass is 32.2. The average molecular weight is 300 g/mol. The van der Waals surface area contributed by atoms with Gasteiger partial charge in [-0.05, 0) is 39.0 Å². The van der Waals surface area contributed by atoms with Crippen LogP contribution in [0.3, 0.4) is 0 Å². The fourth-order valence-corrected chi connectivity index (χ4v) is 3.87. The summed E-state index contributed by atoms with van der Waals surface area (Å²) in [7, 11) is -3.51. The van der Waals surface area contributed by atoms with E-state index in [-0.39, 0.29) is 11.1 Å². The Labute approximate surface area is 120 Å². The van der Waals surface area contributed by atoms with Gasteiger partial charge >= 0.3 is 0 Å². The molecular weight excluding hydrogens is 276 g/mol. The number of nitrogens with two attached hydrogens (primary N) is 1. The Hall–Kier alpha value is -0.920. The molecule has 1 aromatic rings. The molecule has 1 aliphatic rings. The van der Waals surface area contributed by atoms with Crippen LogP contribution in [0.25, 0.3) is 0 Å². The third kappa shape index (κ3) is 3.59. The van der Waals surface area contributed by atoms with Gasteiger partial charge in [0.25, 0.3) is 10.0 Å². The fraction of sp³-hybridized carbons (Fsp3) is 0.769. The van der Waals surface area contributed by atoms with Crippen molar-refractivity contribution in [1.82, 2.24) is 14.3 Å². The zero-order valence-corrected chi connectivity index (χ0v) is 13.0. The van der Waals surface area contributed by atoms with Crippen molar-refractivity contribution in [2.45, 2.75) is 57.1 Å². The molecule has 2 unspecified atom stereocenters. The zero-order valence-electron chi connectivity index (χ0n) is 12.2. The molecule has 0 bridgehead atoms. The normalized spacial score (nSPS) is 23.9. The number of nitrogens with zero attached hydrogens (tertiary/aromatic N) is 2. The van der Waals surface area contributed by atoms with Crippen LogP contribution < -0.4 is 10.5 Å². The minimum absolute atomic E-state index is 0.108. The monoisotopic (exact) mass is 300 g/mol. The molecule has 1 aromatic heterocycles. The topological polar surface area (TPSA) is 90.0 Å². The summed E-state index contributed by atoms with van der Waals surface area (Å²) in [5.41, 5.74) is 5.92. The van der Waals surface area contributed by atoms with E-state index >= 15 is 0 Å². The third-order valence-corrected chi connectivity index (χ3v) is 5.25. The molecule has 2 rings (SSSR count). The van der Waals surface area contributed by atoms with Crippen molar-refractivity contribution in [2.24, 2.45) is 11.7 Å². The summed E-state index contributed by atoms with van der Waals surface area (Å²) in [4.78, 5) is 4.12. The van der Waals surface area contributed by atoms with Crippen LogP contribution in [0.4, 0.5) is 0 Å². The maximum atomic E-state index is 12.2. The molecule has 2 atom stereocenters. The summed E-state index contributed by atoms with van der Waals surface area (Å²) in [6.07, 6.45) is 5.65. The molecule has 0 aromatic carbocycles. The van der Waals surface area contributed by atoms with E-state index in [1.54, 1.807) is 6.20 Å². The zero-order chi connectivity index (χ0) is 14.8. The van der Waals surface area contributed by atoms with Crippen LogP contribution >= 0.6 is 0 Å². The van der Waals surface area contributed by atoms with Crippen molar-refractivity contribution in [3.63, 3.8) is 0 Å². The molecule has 6 nitrogen and oxygen atoms in total. The van der Waals surface area contributed by atoms with Gasteiger partial charge in [0.05, 0.1) is 0 Å². The van der Waals surface area contributed by atoms with Gasteiger partial charge in [0.15, 0.2) is 5.03 Å². The molecule has 1 saturated carbocycles. The van der Waals surface area contributed by atoms with Crippen LogP contribution in [0, 0.1) is 12.8 Å². The molecule has 114 valence electrons.